The Hall–Kier alpha value is -2.10. The lowest BCUT2D eigenvalue weighted by atomic mass is 9.72. The van der Waals surface area contributed by atoms with Gasteiger partial charge in [0.1, 0.15) is 18.3 Å². The zero-order valence-electron chi connectivity index (χ0n) is 16.8. The Balaban J connectivity index is 1.37. The van der Waals surface area contributed by atoms with E-state index in [2.05, 4.69) is 43.8 Å². The van der Waals surface area contributed by atoms with Crippen molar-refractivity contribution < 1.29 is 9.13 Å². The minimum atomic E-state index is -0.871. The zero-order valence-corrected chi connectivity index (χ0v) is 16.8. The van der Waals surface area contributed by atoms with Crippen LogP contribution in [0.3, 0.4) is 0 Å². The number of morpholine rings is 1. The van der Waals surface area contributed by atoms with E-state index in [1.54, 1.807) is 17.2 Å². The average Bonchev–Trinajstić information content (AvgIpc) is 3.33. The second-order valence-electron chi connectivity index (χ2n) is 8.51. The fourth-order valence-corrected chi connectivity index (χ4v) is 5.03. The van der Waals surface area contributed by atoms with Crippen molar-refractivity contribution in [1.29, 1.82) is 0 Å². The Bertz CT molecular complexity index is 861. The molecule has 1 saturated carbocycles. The number of hydrogen-bond acceptors (Lipinski definition) is 7. The first-order chi connectivity index (χ1) is 14.1. The van der Waals surface area contributed by atoms with Crippen molar-refractivity contribution in [2.45, 2.75) is 50.0 Å². The highest BCUT2D eigenvalue weighted by molar-refractivity contribution is 5.40. The summed E-state index contributed by atoms with van der Waals surface area (Å²) in [6.07, 6.45) is 5.94. The highest BCUT2D eigenvalue weighted by Gasteiger charge is 2.46. The maximum atomic E-state index is 14.9. The van der Waals surface area contributed by atoms with Gasteiger partial charge in [0, 0.05) is 44.4 Å². The second-order valence-corrected chi connectivity index (χ2v) is 8.51. The van der Waals surface area contributed by atoms with Crippen molar-refractivity contribution >= 4 is 5.82 Å². The second kappa shape index (κ2) is 7.62. The summed E-state index contributed by atoms with van der Waals surface area (Å²) < 4.78 is 22.3. The van der Waals surface area contributed by atoms with Crippen molar-refractivity contribution in [3.63, 3.8) is 0 Å². The van der Waals surface area contributed by atoms with Crippen LogP contribution in [0.5, 0.6) is 0 Å². The molecule has 3 fully saturated rings. The Labute approximate surface area is 169 Å². The Morgan fingerprint density at radius 2 is 2.14 bits per heavy atom. The summed E-state index contributed by atoms with van der Waals surface area (Å²) in [7, 11) is 1.87. The van der Waals surface area contributed by atoms with Crippen molar-refractivity contribution in [1.82, 2.24) is 30.6 Å². The SMILES string of the molecule is C[C@H]1CN(c2cc(C3NNC4CC(F)C(c5cnn(C)c5)CC43)ncn2)CCO1. The predicted octanol–water partition coefficient (Wildman–Crippen LogP) is 1.48. The van der Waals surface area contributed by atoms with Crippen LogP contribution in [0.1, 0.15) is 43.0 Å². The standard InChI is InChI=1S/C20H28FN7O/c1-12-9-28(3-4-29-12)19-7-18(22-11-23-19)20-15-5-14(13-8-24-27(2)10-13)16(21)6-17(15)25-26-20/h7-8,10-12,14-17,20,25-26H,3-6,9H2,1-2H3/t12-,14?,15?,16?,17?,20?/m0/s1. The number of rotatable bonds is 3. The smallest absolute Gasteiger partial charge is 0.132 e. The van der Waals surface area contributed by atoms with Crippen molar-refractivity contribution in [3.05, 3.63) is 36.0 Å². The molecule has 0 spiro atoms. The van der Waals surface area contributed by atoms with Crippen molar-refractivity contribution in [2.24, 2.45) is 13.0 Å². The molecular weight excluding hydrogens is 373 g/mol. The van der Waals surface area contributed by atoms with Gasteiger partial charge in [-0.1, -0.05) is 0 Å². The van der Waals surface area contributed by atoms with E-state index in [0.717, 1.165) is 36.6 Å². The van der Waals surface area contributed by atoms with Crippen LogP contribution in [0, 0.1) is 5.92 Å². The van der Waals surface area contributed by atoms with E-state index in [4.69, 9.17) is 4.74 Å². The summed E-state index contributed by atoms with van der Waals surface area (Å²) in [6.45, 7) is 4.44. The Morgan fingerprint density at radius 1 is 1.24 bits per heavy atom. The lowest BCUT2D eigenvalue weighted by Crippen LogP contribution is -2.41. The number of alkyl halides is 1. The molecule has 2 aromatic heterocycles. The highest BCUT2D eigenvalue weighted by Crippen LogP contribution is 2.45. The van der Waals surface area contributed by atoms with Gasteiger partial charge < -0.3 is 9.64 Å². The fraction of sp³-hybridized carbons (Fsp3) is 0.650. The number of aryl methyl sites for hydroxylation is 1. The van der Waals surface area contributed by atoms with Gasteiger partial charge in [-0.25, -0.2) is 19.8 Å². The molecule has 2 aromatic rings. The molecule has 5 unspecified atom stereocenters. The quantitative estimate of drug-likeness (QED) is 0.807. The largest absolute Gasteiger partial charge is 0.375 e. The average molecular weight is 401 g/mol. The van der Waals surface area contributed by atoms with E-state index in [-0.39, 0.29) is 30.0 Å². The first kappa shape index (κ1) is 18.9. The van der Waals surface area contributed by atoms with E-state index in [0.29, 0.717) is 13.0 Å². The van der Waals surface area contributed by atoms with E-state index in [1.165, 1.54) is 0 Å². The van der Waals surface area contributed by atoms with Crippen LogP contribution in [-0.4, -0.2) is 57.8 Å². The minimum Gasteiger partial charge on any atom is -0.375 e. The van der Waals surface area contributed by atoms with Crippen LogP contribution in [0.4, 0.5) is 10.2 Å². The molecule has 4 heterocycles. The van der Waals surface area contributed by atoms with Crippen LogP contribution in [0.2, 0.25) is 0 Å². The molecule has 0 radical (unpaired) electrons. The summed E-state index contributed by atoms with van der Waals surface area (Å²) in [5.41, 5.74) is 8.63. The third kappa shape index (κ3) is 3.62. The van der Waals surface area contributed by atoms with E-state index in [1.807, 2.05) is 13.2 Å². The van der Waals surface area contributed by atoms with Gasteiger partial charge in [-0.05, 0) is 31.2 Å². The number of hydrogen-bond donors (Lipinski definition) is 2. The predicted molar refractivity (Wildman–Crippen MR) is 106 cm³/mol. The van der Waals surface area contributed by atoms with Crippen LogP contribution < -0.4 is 15.8 Å². The van der Waals surface area contributed by atoms with E-state index < -0.39 is 6.17 Å². The molecule has 0 aromatic carbocycles. The maximum Gasteiger partial charge on any atom is 0.132 e. The number of nitrogens with zero attached hydrogens (tertiary/aromatic N) is 5. The summed E-state index contributed by atoms with van der Waals surface area (Å²) in [4.78, 5) is 11.3. The normalized spacial score (nSPS) is 34.9. The fourth-order valence-electron chi connectivity index (χ4n) is 5.03. The molecule has 1 aliphatic carbocycles. The summed E-state index contributed by atoms with van der Waals surface area (Å²) in [5.74, 6) is 1.06. The van der Waals surface area contributed by atoms with Crippen molar-refractivity contribution in [3.8, 4) is 0 Å². The molecule has 0 amide bonds. The third-order valence-corrected chi connectivity index (χ3v) is 6.52. The number of hydrazine groups is 1. The summed E-state index contributed by atoms with van der Waals surface area (Å²) in [6, 6.07) is 2.21. The van der Waals surface area contributed by atoms with Gasteiger partial charge in [0.25, 0.3) is 0 Å². The van der Waals surface area contributed by atoms with Gasteiger partial charge in [0.15, 0.2) is 0 Å². The number of anilines is 1. The molecule has 9 heteroatoms. The summed E-state index contributed by atoms with van der Waals surface area (Å²) in [5, 5.41) is 4.24. The molecule has 8 nitrogen and oxygen atoms in total. The molecule has 5 rings (SSSR count). The first-order valence-corrected chi connectivity index (χ1v) is 10.4. The number of nitrogens with one attached hydrogen (secondary N) is 2. The van der Waals surface area contributed by atoms with Crippen LogP contribution in [-0.2, 0) is 11.8 Å². The molecular formula is C20H28FN7O. The molecule has 29 heavy (non-hydrogen) atoms. The van der Waals surface area contributed by atoms with Crippen LogP contribution >= 0.6 is 0 Å². The molecule has 2 N–H and O–H groups in total. The van der Waals surface area contributed by atoms with Gasteiger partial charge in [-0.2, -0.15) is 5.10 Å². The molecule has 156 valence electrons. The summed E-state index contributed by atoms with van der Waals surface area (Å²) >= 11 is 0. The number of halogens is 1. The number of ether oxygens (including phenoxy) is 1. The van der Waals surface area contributed by atoms with Crippen molar-refractivity contribution in [2.75, 3.05) is 24.6 Å². The third-order valence-electron chi connectivity index (χ3n) is 6.52. The van der Waals surface area contributed by atoms with E-state index in [9.17, 15) is 4.39 Å². The van der Waals surface area contributed by atoms with Gasteiger partial charge in [0.2, 0.25) is 0 Å². The van der Waals surface area contributed by atoms with Crippen LogP contribution in [0.25, 0.3) is 0 Å². The van der Waals surface area contributed by atoms with Gasteiger partial charge >= 0.3 is 0 Å². The zero-order chi connectivity index (χ0) is 20.0. The monoisotopic (exact) mass is 401 g/mol. The maximum absolute atomic E-state index is 14.9. The molecule has 2 saturated heterocycles. The van der Waals surface area contributed by atoms with Gasteiger partial charge in [-0.3, -0.25) is 10.1 Å². The number of fused-ring (bicyclic) bond motifs is 1. The highest BCUT2D eigenvalue weighted by atomic mass is 19.1. The molecule has 6 atom stereocenters. The Morgan fingerprint density at radius 3 is 2.93 bits per heavy atom. The minimum absolute atomic E-state index is 0.0342. The molecule has 2 aliphatic heterocycles. The molecule has 3 aliphatic rings. The van der Waals surface area contributed by atoms with E-state index >= 15 is 0 Å². The first-order valence-electron chi connectivity index (χ1n) is 10.4. The Kier molecular flexibility index (Phi) is 4.97. The van der Waals surface area contributed by atoms with Gasteiger partial charge in [0.05, 0.1) is 30.6 Å². The van der Waals surface area contributed by atoms with Crippen LogP contribution in [0.15, 0.2) is 24.8 Å². The molecule has 0 bridgehead atoms. The number of aromatic nitrogens is 4. The lowest BCUT2D eigenvalue weighted by molar-refractivity contribution is 0.0529. The van der Waals surface area contributed by atoms with Gasteiger partial charge in [-0.15, -0.1) is 0 Å². The topological polar surface area (TPSA) is 80.1 Å². The lowest BCUT2D eigenvalue weighted by Gasteiger charge is -2.35.